The fourth-order valence-electron chi connectivity index (χ4n) is 2.73. The SMILES string of the molecule is CC1CC(C)C(C)(C)c2ccccc21. The second-order valence-electron chi connectivity index (χ2n) is 5.35. The fraction of sp³-hybridized carbons (Fsp3) is 0.571. The van der Waals surface area contributed by atoms with Crippen LogP contribution in [0.3, 0.4) is 0 Å². The van der Waals surface area contributed by atoms with Gasteiger partial charge in [0.2, 0.25) is 0 Å². The molecule has 0 nitrogen and oxygen atoms in total. The van der Waals surface area contributed by atoms with E-state index in [0.717, 1.165) is 11.8 Å². The second kappa shape index (κ2) is 3.12. The van der Waals surface area contributed by atoms with Crippen LogP contribution in [0.5, 0.6) is 0 Å². The molecule has 2 rings (SSSR count). The predicted molar refractivity (Wildman–Crippen MR) is 61.7 cm³/mol. The van der Waals surface area contributed by atoms with Gasteiger partial charge in [-0.05, 0) is 34.8 Å². The summed E-state index contributed by atoms with van der Waals surface area (Å²) in [7, 11) is 0. The van der Waals surface area contributed by atoms with E-state index >= 15 is 0 Å². The summed E-state index contributed by atoms with van der Waals surface area (Å²) >= 11 is 0. The Kier molecular flexibility index (Phi) is 2.17. The van der Waals surface area contributed by atoms with Crippen LogP contribution in [0, 0.1) is 5.92 Å². The smallest absolute Gasteiger partial charge is 0.00749 e. The minimum Gasteiger partial charge on any atom is -0.0620 e. The summed E-state index contributed by atoms with van der Waals surface area (Å²) in [6, 6.07) is 8.95. The molecule has 76 valence electrons. The first-order valence-corrected chi connectivity index (χ1v) is 5.63. The van der Waals surface area contributed by atoms with Gasteiger partial charge in [0.15, 0.2) is 0 Å². The van der Waals surface area contributed by atoms with E-state index in [1.807, 2.05) is 0 Å². The first-order chi connectivity index (χ1) is 6.53. The lowest BCUT2D eigenvalue weighted by atomic mass is 9.63. The van der Waals surface area contributed by atoms with E-state index in [4.69, 9.17) is 0 Å². The molecule has 0 saturated heterocycles. The van der Waals surface area contributed by atoms with E-state index in [-0.39, 0.29) is 0 Å². The van der Waals surface area contributed by atoms with E-state index in [1.165, 1.54) is 6.42 Å². The van der Waals surface area contributed by atoms with Crippen molar-refractivity contribution in [3.8, 4) is 0 Å². The molecule has 0 radical (unpaired) electrons. The molecule has 0 heterocycles. The van der Waals surface area contributed by atoms with Crippen molar-refractivity contribution in [2.75, 3.05) is 0 Å². The molecule has 1 aliphatic rings. The summed E-state index contributed by atoms with van der Waals surface area (Å²) in [5, 5.41) is 0. The Morgan fingerprint density at radius 1 is 1.14 bits per heavy atom. The molecule has 0 amide bonds. The third kappa shape index (κ3) is 1.28. The maximum Gasteiger partial charge on any atom is -0.00749 e. The molecule has 0 aromatic heterocycles. The van der Waals surface area contributed by atoms with Crippen LogP contribution in [-0.4, -0.2) is 0 Å². The van der Waals surface area contributed by atoms with Gasteiger partial charge in [-0.15, -0.1) is 0 Å². The number of rotatable bonds is 0. The molecular weight excluding hydrogens is 168 g/mol. The van der Waals surface area contributed by atoms with E-state index < -0.39 is 0 Å². The maximum atomic E-state index is 2.38. The Morgan fingerprint density at radius 2 is 1.79 bits per heavy atom. The van der Waals surface area contributed by atoms with Crippen LogP contribution >= 0.6 is 0 Å². The molecule has 0 bridgehead atoms. The first kappa shape index (κ1) is 9.76. The van der Waals surface area contributed by atoms with Gasteiger partial charge in [-0.25, -0.2) is 0 Å². The minimum atomic E-state index is 0.350. The summed E-state index contributed by atoms with van der Waals surface area (Å²) in [5.41, 5.74) is 3.48. The molecule has 2 unspecified atom stereocenters. The second-order valence-corrected chi connectivity index (χ2v) is 5.35. The summed E-state index contributed by atoms with van der Waals surface area (Å²) in [5.74, 6) is 1.52. The molecule has 1 aromatic carbocycles. The third-order valence-electron chi connectivity index (χ3n) is 4.12. The monoisotopic (exact) mass is 188 g/mol. The lowest BCUT2D eigenvalue weighted by Gasteiger charge is -2.41. The Morgan fingerprint density at radius 3 is 2.50 bits per heavy atom. The zero-order chi connectivity index (χ0) is 10.3. The molecule has 0 aliphatic heterocycles. The zero-order valence-corrected chi connectivity index (χ0v) is 9.67. The lowest BCUT2D eigenvalue weighted by molar-refractivity contribution is 0.281. The van der Waals surface area contributed by atoms with Crippen molar-refractivity contribution in [2.45, 2.75) is 45.4 Å². The normalized spacial score (nSPS) is 29.7. The van der Waals surface area contributed by atoms with Gasteiger partial charge in [-0.1, -0.05) is 52.0 Å². The van der Waals surface area contributed by atoms with E-state index in [9.17, 15) is 0 Å². The van der Waals surface area contributed by atoms with Crippen molar-refractivity contribution < 1.29 is 0 Å². The Labute approximate surface area is 87.3 Å². The molecule has 14 heavy (non-hydrogen) atoms. The molecule has 1 aromatic rings. The largest absolute Gasteiger partial charge is 0.0620 e. The van der Waals surface area contributed by atoms with Gasteiger partial charge in [0, 0.05) is 0 Å². The average molecular weight is 188 g/mol. The van der Waals surface area contributed by atoms with Gasteiger partial charge in [-0.2, -0.15) is 0 Å². The van der Waals surface area contributed by atoms with Gasteiger partial charge >= 0.3 is 0 Å². The molecule has 0 N–H and O–H groups in total. The van der Waals surface area contributed by atoms with E-state index in [0.29, 0.717) is 5.41 Å². The molecule has 0 heteroatoms. The standard InChI is InChI=1S/C14H20/c1-10-9-11(2)14(3,4)13-8-6-5-7-12(10)13/h5-8,10-11H,9H2,1-4H3. The zero-order valence-electron chi connectivity index (χ0n) is 9.67. The highest BCUT2D eigenvalue weighted by Crippen LogP contribution is 2.45. The quantitative estimate of drug-likeness (QED) is 0.575. The third-order valence-corrected chi connectivity index (χ3v) is 4.12. The van der Waals surface area contributed by atoms with Crippen LogP contribution in [-0.2, 0) is 5.41 Å². The summed E-state index contributed by atoms with van der Waals surface area (Å²) in [4.78, 5) is 0. The Hall–Kier alpha value is -0.780. The predicted octanol–water partition coefficient (Wildman–Crippen LogP) is 4.11. The topological polar surface area (TPSA) is 0 Å². The van der Waals surface area contributed by atoms with Crippen molar-refractivity contribution >= 4 is 0 Å². The molecule has 1 aliphatic carbocycles. The van der Waals surface area contributed by atoms with E-state index in [2.05, 4.69) is 52.0 Å². The fourth-order valence-corrected chi connectivity index (χ4v) is 2.73. The van der Waals surface area contributed by atoms with Crippen LogP contribution in [0.25, 0.3) is 0 Å². The van der Waals surface area contributed by atoms with Crippen molar-refractivity contribution in [2.24, 2.45) is 5.92 Å². The van der Waals surface area contributed by atoms with Gasteiger partial charge in [0.25, 0.3) is 0 Å². The number of benzene rings is 1. The van der Waals surface area contributed by atoms with Crippen molar-refractivity contribution in [3.63, 3.8) is 0 Å². The number of hydrogen-bond donors (Lipinski definition) is 0. The highest BCUT2D eigenvalue weighted by Gasteiger charge is 2.35. The van der Waals surface area contributed by atoms with Crippen LogP contribution < -0.4 is 0 Å². The highest BCUT2D eigenvalue weighted by molar-refractivity contribution is 5.38. The van der Waals surface area contributed by atoms with E-state index in [1.54, 1.807) is 11.1 Å². The molecule has 2 atom stereocenters. The van der Waals surface area contributed by atoms with Crippen LogP contribution in [0.2, 0.25) is 0 Å². The number of hydrogen-bond acceptors (Lipinski definition) is 0. The molecular formula is C14H20. The molecule has 0 spiro atoms. The maximum absolute atomic E-state index is 2.38. The Bertz CT molecular complexity index is 336. The highest BCUT2D eigenvalue weighted by atomic mass is 14.4. The lowest BCUT2D eigenvalue weighted by Crippen LogP contribution is -2.33. The summed E-state index contributed by atoms with van der Waals surface area (Å²) < 4.78 is 0. The minimum absolute atomic E-state index is 0.350. The van der Waals surface area contributed by atoms with Crippen molar-refractivity contribution in [1.29, 1.82) is 0 Å². The van der Waals surface area contributed by atoms with Gasteiger partial charge < -0.3 is 0 Å². The summed E-state index contributed by atoms with van der Waals surface area (Å²) in [6.45, 7) is 9.49. The Balaban J connectivity index is 2.57. The van der Waals surface area contributed by atoms with Crippen molar-refractivity contribution in [1.82, 2.24) is 0 Å². The van der Waals surface area contributed by atoms with Gasteiger partial charge in [-0.3, -0.25) is 0 Å². The average Bonchev–Trinajstić information content (AvgIpc) is 2.16. The van der Waals surface area contributed by atoms with Crippen LogP contribution in [0.15, 0.2) is 24.3 Å². The van der Waals surface area contributed by atoms with Crippen LogP contribution in [0.1, 0.15) is 51.2 Å². The van der Waals surface area contributed by atoms with Gasteiger partial charge in [0.05, 0.1) is 0 Å². The molecule has 0 fully saturated rings. The first-order valence-electron chi connectivity index (χ1n) is 5.63. The van der Waals surface area contributed by atoms with Crippen LogP contribution in [0.4, 0.5) is 0 Å². The molecule has 0 saturated carbocycles. The summed E-state index contributed by atoms with van der Waals surface area (Å²) in [6.07, 6.45) is 1.32. The van der Waals surface area contributed by atoms with Crippen molar-refractivity contribution in [3.05, 3.63) is 35.4 Å². The van der Waals surface area contributed by atoms with Gasteiger partial charge in [0.1, 0.15) is 0 Å². The number of fused-ring (bicyclic) bond motifs is 1.